The van der Waals surface area contributed by atoms with Gasteiger partial charge in [-0.1, -0.05) is 25.1 Å². The van der Waals surface area contributed by atoms with Gasteiger partial charge in [0, 0.05) is 38.6 Å². The molecule has 0 saturated heterocycles. The maximum Gasteiger partial charge on any atom is 0.224 e. The molecule has 0 radical (unpaired) electrons. The molecule has 166 valence electrons. The summed E-state index contributed by atoms with van der Waals surface area (Å²) in [4.78, 5) is 9.06. The first-order valence-electron chi connectivity index (χ1n) is 10.1. The molecule has 1 aromatic heterocycles. The van der Waals surface area contributed by atoms with Crippen LogP contribution in [0.3, 0.4) is 0 Å². The van der Waals surface area contributed by atoms with Crippen LogP contribution < -0.4 is 20.1 Å². The summed E-state index contributed by atoms with van der Waals surface area (Å²) in [5.74, 6) is 2.64. The van der Waals surface area contributed by atoms with Crippen molar-refractivity contribution in [3.8, 4) is 17.4 Å². The molecular formula is C22H33IN4O3. The Morgan fingerprint density at radius 3 is 2.57 bits per heavy atom. The Morgan fingerprint density at radius 2 is 1.83 bits per heavy atom. The number of nitrogens with one attached hydrogen (secondary N) is 2. The lowest BCUT2D eigenvalue weighted by Crippen LogP contribution is -2.38. The van der Waals surface area contributed by atoms with E-state index in [2.05, 4.69) is 27.5 Å². The SMILES string of the molecule is CCCOc1ccccc1Oc1ncccc1CN=C(NCC)NCCCOC.I. The molecule has 0 spiro atoms. The van der Waals surface area contributed by atoms with Gasteiger partial charge in [0.1, 0.15) is 0 Å². The Kier molecular flexibility index (Phi) is 13.6. The lowest BCUT2D eigenvalue weighted by molar-refractivity contribution is 0.195. The van der Waals surface area contributed by atoms with E-state index in [1.807, 2.05) is 43.3 Å². The fraction of sp³-hybridized carbons (Fsp3) is 0.455. The Hall–Kier alpha value is -2.07. The predicted molar refractivity (Wildman–Crippen MR) is 131 cm³/mol. The summed E-state index contributed by atoms with van der Waals surface area (Å²) >= 11 is 0. The van der Waals surface area contributed by atoms with Gasteiger partial charge < -0.3 is 24.8 Å². The minimum atomic E-state index is 0. The van der Waals surface area contributed by atoms with E-state index in [1.54, 1.807) is 13.3 Å². The van der Waals surface area contributed by atoms with Crippen molar-refractivity contribution in [1.29, 1.82) is 0 Å². The predicted octanol–water partition coefficient (Wildman–Crippen LogP) is 4.37. The van der Waals surface area contributed by atoms with E-state index in [9.17, 15) is 0 Å². The molecule has 2 rings (SSSR count). The Balaban J connectivity index is 0.00000450. The maximum absolute atomic E-state index is 6.08. The first kappa shape index (κ1) is 26.0. The topological polar surface area (TPSA) is 77.0 Å². The van der Waals surface area contributed by atoms with Crippen molar-refractivity contribution in [2.24, 2.45) is 4.99 Å². The maximum atomic E-state index is 6.08. The summed E-state index contributed by atoms with van der Waals surface area (Å²) in [6.45, 7) is 7.49. The van der Waals surface area contributed by atoms with Gasteiger partial charge in [-0.25, -0.2) is 9.98 Å². The number of hydrogen-bond donors (Lipinski definition) is 2. The summed E-state index contributed by atoms with van der Waals surface area (Å²) in [6, 6.07) is 11.5. The standard InChI is InChI=1S/C22H32N4O3.HI/c1-4-15-28-19-11-6-7-12-20(19)29-21-18(10-8-13-24-21)17-26-22(23-5-2)25-14-9-16-27-3;/h6-8,10-13H,4-5,9,14-17H2,1-3H3,(H2,23,25,26);1H. The van der Waals surface area contributed by atoms with E-state index in [-0.39, 0.29) is 24.0 Å². The molecular weight excluding hydrogens is 495 g/mol. The van der Waals surface area contributed by atoms with Crippen LogP contribution >= 0.6 is 24.0 Å². The Labute approximate surface area is 196 Å². The molecule has 1 heterocycles. The van der Waals surface area contributed by atoms with Crippen LogP contribution in [0.5, 0.6) is 17.4 Å². The van der Waals surface area contributed by atoms with Crippen LogP contribution in [-0.2, 0) is 11.3 Å². The van der Waals surface area contributed by atoms with Crippen LogP contribution in [0.25, 0.3) is 0 Å². The Bertz CT molecular complexity index is 759. The monoisotopic (exact) mass is 528 g/mol. The van der Waals surface area contributed by atoms with Gasteiger partial charge in [-0.05, 0) is 38.0 Å². The highest BCUT2D eigenvalue weighted by atomic mass is 127. The molecule has 0 fully saturated rings. The lowest BCUT2D eigenvalue weighted by Gasteiger charge is -2.14. The minimum absolute atomic E-state index is 0. The molecule has 7 nitrogen and oxygen atoms in total. The second-order valence-electron chi connectivity index (χ2n) is 6.33. The zero-order valence-corrected chi connectivity index (χ0v) is 20.3. The molecule has 0 bridgehead atoms. The number of hydrogen-bond acceptors (Lipinski definition) is 5. The normalized spacial score (nSPS) is 10.8. The van der Waals surface area contributed by atoms with E-state index in [4.69, 9.17) is 14.2 Å². The number of ether oxygens (including phenoxy) is 3. The highest BCUT2D eigenvalue weighted by Gasteiger charge is 2.10. The number of rotatable bonds is 12. The average Bonchev–Trinajstić information content (AvgIpc) is 2.75. The molecule has 0 unspecified atom stereocenters. The van der Waals surface area contributed by atoms with Crippen LogP contribution in [0.15, 0.2) is 47.6 Å². The van der Waals surface area contributed by atoms with E-state index < -0.39 is 0 Å². The second kappa shape index (κ2) is 15.7. The van der Waals surface area contributed by atoms with E-state index in [1.165, 1.54) is 0 Å². The average molecular weight is 528 g/mol. The summed E-state index contributed by atoms with van der Waals surface area (Å²) < 4.78 is 16.9. The van der Waals surface area contributed by atoms with Gasteiger partial charge in [-0.15, -0.1) is 24.0 Å². The minimum Gasteiger partial charge on any atom is -0.490 e. The van der Waals surface area contributed by atoms with Gasteiger partial charge in [0.15, 0.2) is 17.5 Å². The number of benzene rings is 1. The number of nitrogens with zero attached hydrogens (tertiary/aromatic N) is 2. The number of aliphatic imine (C=N–C) groups is 1. The molecule has 2 N–H and O–H groups in total. The first-order valence-corrected chi connectivity index (χ1v) is 10.1. The molecule has 8 heteroatoms. The molecule has 1 aromatic carbocycles. The van der Waals surface area contributed by atoms with Crippen molar-refractivity contribution < 1.29 is 14.2 Å². The molecule has 30 heavy (non-hydrogen) atoms. The van der Waals surface area contributed by atoms with E-state index in [0.29, 0.717) is 37.1 Å². The largest absolute Gasteiger partial charge is 0.490 e. The van der Waals surface area contributed by atoms with Crippen LogP contribution in [0.2, 0.25) is 0 Å². The molecule has 0 atom stereocenters. The molecule has 0 aliphatic heterocycles. The summed E-state index contributed by atoms with van der Waals surface area (Å²) in [5, 5.41) is 6.55. The van der Waals surface area contributed by atoms with Crippen LogP contribution in [0, 0.1) is 0 Å². The third-order valence-corrected chi connectivity index (χ3v) is 3.94. The van der Waals surface area contributed by atoms with Gasteiger partial charge >= 0.3 is 0 Å². The highest BCUT2D eigenvalue weighted by Crippen LogP contribution is 2.32. The van der Waals surface area contributed by atoms with Gasteiger partial charge in [0.2, 0.25) is 5.88 Å². The highest BCUT2D eigenvalue weighted by molar-refractivity contribution is 14.0. The summed E-state index contributed by atoms with van der Waals surface area (Å²) in [7, 11) is 1.70. The van der Waals surface area contributed by atoms with Crippen LogP contribution in [0.1, 0.15) is 32.3 Å². The second-order valence-corrected chi connectivity index (χ2v) is 6.33. The van der Waals surface area contributed by atoms with Crippen molar-refractivity contribution in [2.75, 3.05) is 33.4 Å². The van der Waals surface area contributed by atoms with Crippen molar-refractivity contribution in [2.45, 2.75) is 33.2 Å². The zero-order chi connectivity index (χ0) is 20.7. The van der Waals surface area contributed by atoms with Gasteiger partial charge in [0.05, 0.1) is 13.2 Å². The molecule has 0 aliphatic rings. The van der Waals surface area contributed by atoms with Crippen molar-refractivity contribution >= 4 is 29.9 Å². The summed E-state index contributed by atoms with van der Waals surface area (Å²) in [5.41, 5.74) is 0.895. The van der Waals surface area contributed by atoms with Crippen molar-refractivity contribution in [3.63, 3.8) is 0 Å². The number of methoxy groups -OCH3 is 1. The van der Waals surface area contributed by atoms with Crippen LogP contribution in [-0.4, -0.2) is 44.4 Å². The molecule has 0 amide bonds. The fourth-order valence-corrected chi connectivity index (χ4v) is 2.54. The van der Waals surface area contributed by atoms with Crippen molar-refractivity contribution in [1.82, 2.24) is 15.6 Å². The number of guanidine groups is 1. The van der Waals surface area contributed by atoms with Gasteiger partial charge in [-0.3, -0.25) is 0 Å². The molecule has 0 saturated carbocycles. The number of para-hydroxylation sites is 2. The first-order chi connectivity index (χ1) is 14.3. The third kappa shape index (κ3) is 9.17. The fourth-order valence-electron chi connectivity index (χ4n) is 2.54. The smallest absolute Gasteiger partial charge is 0.224 e. The molecule has 2 aromatic rings. The van der Waals surface area contributed by atoms with E-state index >= 15 is 0 Å². The number of pyridine rings is 1. The van der Waals surface area contributed by atoms with Gasteiger partial charge in [0.25, 0.3) is 0 Å². The quantitative estimate of drug-likeness (QED) is 0.185. The summed E-state index contributed by atoms with van der Waals surface area (Å²) in [6.07, 6.45) is 3.56. The van der Waals surface area contributed by atoms with E-state index in [0.717, 1.165) is 37.5 Å². The lowest BCUT2D eigenvalue weighted by atomic mass is 10.2. The number of aromatic nitrogens is 1. The van der Waals surface area contributed by atoms with Gasteiger partial charge in [-0.2, -0.15) is 0 Å². The Morgan fingerprint density at radius 1 is 1.03 bits per heavy atom. The van der Waals surface area contributed by atoms with Crippen LogP contribution in [0.4, 0.5) is 0 Å². The third-order valence-electron chi connectivity index (χ3n) is 3.94. The number of halogens is 1. The zero-order valence-electron chi connectivity index (χ0n) is 18.0. The molecule has 0 aliphatic carbocycles. The van der Waals surface area contributed by atoms with Crippen molar-refractivity contribution in [3.05, 3.63) is 48.2 Å².